The van der Waals surface area contributed by atoms with Gasteiger partial charge in [-0.05, 0) is 37.1 Å². The van der Waals surface area contributed by atoms with Crippen LogP contribution in [0.5, 0.6) is 0 Å². The highest BCUT2D eigenvalue weighted by Gasteiger charge is 2.38. The first-order chi connectivity index (χ1) is 8.04. The molecule has 1 heterocycles. The molecule has 0 radical (unpaired) electrons. The largest absolute Gasteiger partial charge is 0.334 e. The number of halogens is 1. The predicted molar refractivity (Wildman–Crippen MR) is 68.9 cm³/mol. The van der Waals surface area contributed by atoms with Crippen molar-refractivity contribution in [2.45, 2.75) is 32.4 Å². The van der Waals surface area contributed by atoms with Crippen LogP contribution in [0.3, 0.4) is 0 Å². The van der Waals surface area contributed by atoms with E-state index < -0.39 is 0 Å². The molecule has 1 aliphatic heterocycles. The van der Waals surface area contributed by atoms with Crippen LogP contribution < -0.4 is 5.73 Å². The Labute approximate surface area is 107 Å². The molecule has 92 valence electrons. The third-order valence-corrected chi connectivity index (χ3v) is 3.60. The van der Waals surface area contributed by atoms with Gasteiger partial charge < -0.3 is 10.6 Å². The Balaban J connectivity index is 2.41. The van der Waals surface area contributed by atoms with Crippen molar-refractivity contribution in [2.24, 2.45) is 5.73 Å². The van der Waals surface area contributed by atoms with Gasteiger partial charge >= 0.3 is 0 Å². The van der Waals surface area contributed by atoms with Crippen molar-refractivity contribution >= 4 is 17.5 Å². The standard InChI is InChI=1S/C13H17ClN2O/c1-3-16-12(17)7-11(15)13(16)10-5-4-9(14)6-8(10)2/h4-6,11,13H,3,7,15H2,1-2H3. The number of benzene rings is 1. The molecular formula is C13H17ClN2O. The summed E-state index contributed by atoms with van der Waals surface area (Å²) in [6.45, 7) is 4.68. The minimum absolute atomic E-state index is 0.00948. The molecule has 2 rings (SSSR count). The average molecular weight is 253 g/mol. The van der Waals surface area contributed by atoms with Crippen LogP contribution in [-0.2, 0) is 4.79 Å². The highest BCUT2D eigenvalue weighted by molar-refractivity contribution is 6.30. The molecular weight excluding hydrogens is 236 g/mol. The highest BCUT2D eigenvalue weighted by atomic mass is 35.5. The van der Waals surface area contributed by atoms with Crippen LogP contribution in [0.15, 0.2) is 18.2 Å². The van der Waals surface area contributed by atoms with E-state index in [2.05, 4.69) is 0 Å². The number of aryl methyl sites for hydroxylation is 1. The first kappa shape index (κ1) is 12.4. The summed E-state index contributed by atoms with van der Waals surface area (Å²) in [4.78, 5) is 13.6. The summed E-state index contributed by atoms with van der Waals surface area (Å²) in [5, 5.41) is 0.715. The summed E-state index contributed by atoms with van der Waals surface area (Å²) in [5.74, 6) is 0.138. The van der Waals surface area contributed by atoms with Gasteiger partial charge in [-0.2, -0.15) is 0 Å². The summed E-state index contributed by atoms with van der Waals surface area (Å²) >= 11 is 5.95. The van der Waals surface area contributed by atoms with E-state index >= 15 is 0 Å². The highest BCUT2D eigenvalue weighted by Crippen LogP contribution is 2.34. The molecule has 0 bridgehead atoms. The maximum atomic E-state index is 11.8. The molecule has 17 heavy (non-hydrogen) atoms. The quantitative estimate of drug-likeness (QED) is 0.878. The van der Waals surface area contributed by atoms with E-state index in [0.29, 0.717) is 18.0 Å². The molecule has 4 heteroatoms. The van der Waals surface area contributed by atoms with Crippen LogP contribution in [0.4, 0.5) is 0 Å². The van der Waals surface area contributed by atoms with Crippen molar-refractivity contribution in [1.82, 2.24) is 4.90 Å². The number of nitrogens with zero attached hydrogens (tertiary/aromatic N) is 1. The van der Waals surface area contributed by atoms with Gasteiger partial charge in [-0.1, -0.05) is 17.7 Å². The number of rotatable bonds is 2. The van der Waals surface area contributed by atoms with Gasteiger partial charge in [-0.25, -0.2) is 0 Å². The zero-order valence-corrected chi connectivity index (χ0v) is 10.9. The molecule has 0 aromatic heterocycles. The number of carbonyl (C=O) groups is 1. The first-order valence-electron chi connectivity index (χ1n) is 5.85. The van der Waals surface area contributed by atoms with Crippen molar-refractivity contribution < 1.29 is 4.79 Å². The number of nitrogens with two attached hydrogens (primary N) is 1. The number of likely N-dealkylation sites (N-methyl/N-ethyl adjacent to an activating group) is 1. The molecule has 1 fully saturated rings. The van der Waals surface area contributed by atoms with E-state index in [4.69, 9.17) is 17.3 Å². The van der Waals surface area contributed by atoms with E-state index in [0.717, 1.165) is 11.1 Å². The fraction of sp³-hybridized carbons (Fsp3) is 0.462. The van der Waals surface area contributed by atoms with E-state index in [9.17, 15) is 4.79 Å². The number of amides is 1. The maximum Gasteiger partial charge on any atom is 0.224 e. The van der Waals surface area contributed by atoms with Gasteiger partial charge in [-0.3, -0.25) is 4.79 Å². The fourth-order valence-corrected chi connectivity index (χ4v) is 2.79. The van der Waals surface area contributed by atoms with Crippen molar-refractivity contribution in [3.63, 3.8) is 0 Å². The second-order valence-corrected chi connectivity index (χ2v) is 4.93. The summed E-state index contributed by atoms with van der Waals surface area (Å²) in [6.07, 6.45) is 0.431. The molecule has 3 nitrogen and oxygen atoms in total. The van der Waals surface area contributed by atoms with Crippen LogP contribution in [0, 0.1) is 6.92 Å². The number of hydrogen-bond acceptors (Lipinski definition) is 2. The monoisotopic (exact) mass is 252 g/mol. The first-order valence-corrected chi connectivity index (χ1v) is 6.23. The van der Waals surface area contributed by atoms with E-state index in [1.807, 2.05) is 36.9 Å². The summed E-state index contributed by atoms with van der Waals surface area (Å²) < 4.78 is 0. The lowest BCUT2D eigenvalue weighted by Crippen LogP contribution is -2.33. The SMILES string of the molecule is CCN1C(=O)CC(N)C1c1ccc(Cl)cc1C. The molecule has 2 N–H and O–H groups in total. The average Bonchev–Trinajstić information content (AvgIpc) is 2.53. The second-order valence-electron chi connectivity index (χ2n) is 4.49. The van der Waals surface area contributed by atoms with Gasteiger partial charge in [0.05, 0.1) is 6.04 Å². The van der Waals surface area contributed by atoms with Gasteiger partial charge in [0.2, 0.25) is 5.91 Å². The molecule has 1 saturated heterocycles. The normalized spacial score (nSPS) is 24.5. The van der Waals surface area contributed by atoms with Crippen molar-refractivity contribution in [1.29, 1.82) is 0 Å². The Kier molecular flexibility index (Phi) is 3.40. The Morgan fingerprint density at radius 2 is 2.24 bits per heavy atom. The van der Waals surface area contributed by atoms with Crippen molar-refractivity contribution in [3.8, 4) is 0 Å². The molecule has 1 aromatic rings. The zero-order chi connectivity index (χ0) is 12.6. The third-order valence-electron chi connectivity index (χ3n) is 3.36. The second kappa shape index (κ2) is 4.67. The number of hydrogen-bond donors (Lipinski definition) is 1. The molecule has 0 saturated carbocycles. The molecule has 0 aliphatic carbocycles. The molecule has 1 aromatic carbocycles. The summed E-state index contributed by atoms with van der Waals surface area (Å²) in [5.41, 5.74) is 8.27. The van der Waals surface area contributed by atoms with Crippen molar-refractivity contribution in [3.05, 3.63) is 34.3 Å². The third kappa shape index (κ3) is 2.17. The minimum atomic E-state index is -0.123. The lowest BCUT2D eigenvalue weighted by molar-refractivity contribution is -0.128. The lowest BCUT2D eigenvalue weighted by atomic mass is 9.96. The molecule has 2 atom stereocenters. The van der Waals surface area contributed by atoms with Gasteiger partial charge in [0.15, 0.2) is 0 Å². The van der Waals surface area contributed by atoms with Crippen LogP contribution in [-0.4, -0.2) is 23.4 Å². The zero-order valence-electron chi connectivity index (χ0n) is 10.1. The maximum absolute atomic E-state index is 11.8. The molecule has 1 amide bonds. The number of likely N-dealkylation sites (tertiary alicyclic amines) is 1. The fourth-order valence-electron chi connectivity index (χ4n) is 2.56. The Bertz CT molecular complexity index is 447. The van der Waals surface area contributed by atoms with Gasteiger partial charge in [0.1, 0.15) is 0 Å². The Morgan fingerprint density at radius 3 is 2.82 bits per heavy atom. The van der Waals surface area contributed by atoms with Crippen LogP contribution >= 0.6 is 11.6 Å². The van der Waals surface area contributed by atoms with Crippen LogP contribution in [0.2, 0.25) is 5.02 Å². The van der Waals surface area contributed by atoms with Crippen LogP contribution in [0.25, 0.3) is 0 Å². The van der Waals surface area contributed by atoms with Gasteiger partial charge in [0.25, 0.3) is 0 Å². The molecule has 1 aliphatic rings. The number of carbonyl (C=O) groups excluding carboxylic acids is 1. The topological polar surface area (TPSA) is 46.3 Å². The van der Waals surface area contributed by atoms with Gasteiger partial charge in [0, 0.05) is 24.0 Å². The van der Waals surface area contributed by atoms with E-state index in [1.165, 1.54) is 0 Å². The van der Waals surface area contributed by atoms with Crippen LogP contribution in [0.1, 0.15) is 30.5 Å². The van der Waals surface area contributed by atoms with E-state index in [1.54, 1.807) is 0 Å². The molecule has 0 spiro atoms. The van der Waals surface area contributed by atoms with Gasteiger partial charge in [-0.15, -0.1) is 0 Å². The van der Waals surface area contributed by atoms with E-state index in [-0.39, 0.29) is 18.0 Å². The summed E-state index contributed by atoms with van der Waals surface area (Å²) in [6, 6.07) is 5.61. The van der Waals surface area contributed by atoms with Crippen molar-refractivity contribution in [2.75, 3.05) is 6.54 Å². The Hall–Kier alpha value is -1.06. The minimum Gasteiger partial charge on any atom is -0.334 e. The molecule has 2 unspecified atom stereocenters. The summed E-state index contributed by atoms with van der Waals surface area (Å²) in [7, 11) is 0. The predicted octanol–water partition coefficient (Wildman–Crippen LogP) is 2.27. The Morgan fingerprint density at radius 1 is 1.53 bits per heavy atom. The lowest BCUT2D eigenvalue weighted by Gasteiger charge is -2.27. The smallest absolute Gasteiger partial charge is 0.224 e.